The molecule has 0 atom stereocenters. The molecule has 7 heteroatoms. The van der Waals surface area contributed by atoms with E-state index in [4.69, 9.17) is 4.42 Å². The number of aryl methyl sites for hydroxylation is 2. The van der Waals surface area contributed by atoms with Gasteiger partial charge >= 0.3 is 6.01 Å². The molecule has 0 aliphatic carbocycles. The van der Waals surface area contributed by atoms with E-state index < -0.39 is 5.91 Å². The average molecular weight is 283 g/mol. The number of carbonyl (C=O) groups is 1. The summed E-state index contributed by atoms with van der Waals surface area (Å²) >= 11 is 0. The molecule has 106 valence electrons. The number of benzene rings is 1. The fourth-order valence-electron chi connectivity index (χ4n) is 1.78. The highest BCUT2D eigenvalue weighted by Crippen LogP contribution is 2.20. The van der Waals surface area contributed by atoms with Crippen molar-refractivity contribution in [2.45, 2.75) is 6.92 Å². The average Bonchev–Trinajstić information content (AvgIpc) is 3.09. The molecule has 0 saturated heterocycles. The number of rotatable bonds is 3. The van der Waals surface area contributed by atoms with Crippen LogP contribution in [0.3, 0.4) is 0 Å². The summed E-state index contributed by atoms with van der Waals surface area (Å²) in [6, 6.07) is 9.31. The lowest BCUT2D eigenvalue weighted by Crippen LogP contribution is -2.13. The van der Waals surface area contributed by atoms with Crippen molar-refractivity contribution in [3.8, 4) is 11.5 Å². The number of anilines is 1. The maximum Gasteiger partial charge on any atom is 0.322 e. The summed E-state index contributed by atoms with van der Waals surface area (Å²) in [6.45, 7) is 2.00. The smallest absolute Gasteiger partial charge is 0.322 e. The van der Waals surface area contributed by atoms with Gasteiger partial charge in [0.05, 0.1) is 0 Å². The Morgan fingerprint density at radius 3 is 2.62 bits per heavy atom. The van der Waals surface area contributed by atoms with Crippen molar-refractivity contribution >= 4 is 11.9 Å². The highest BCUT2D eigenvalue weighted by Gasteiger charge is 2.14. The standard InChI is InChI=1S/C14H13N5O2/c1-9-3-5-10(6-4-9)13-16-17-14(21-13)15-12(20)11-7-8-19(2)18-11/h3-8H,1-2H3,(H,15,17,20). The van der Waals surface area contributed by atoms with E-state index in [1.54, 1.807) is 24.0 Å². The lowest BCUT2D eigenvalue weighted by Gasteiger charge is -1.97. The lowest BCUT2D eigenvalue weighted by atomic mass is 10.1. The Balaban J connectivity index is 1.76. The Morgan fingerprint density at radius 2 is 1.95 bits per heavy atom. The van der Waals surface area contributed by atoms with Gasteiger partial charge in [0.25, 0.3) is 5.91 Å². The van der Waals surface area contributed by atoms with Gasteiger partial charge in [-0.25, -0.2) is 0 Å². The van der Waals surface area contributed by atoms with Gasteiger partial charge in [-0.1, -0.05) is 22.8 Å². The second-order valence-corrected chi connectivity index (χ2v) is 4.61. The molecule has 3 rings (SSSR count). The van der Waals surface area contributed by atoms with Crippen molar-refractivity contribution in [3.63, 3.8) is 0 Å². The Labute approximate surface area is 120 Å². The first kappa shape index (κ1) is 13.0. The highest BCUT2D eigenvalue weighted by atomic mass is 16.4. The number of nitrogens with zero attached hydrogens (tertiary/aromatic N) is 4. The number of nitrogens with one attached hydrogen (secondary N) is 1. The molecule has 1 N–H and O–H groups in total. The van der Waals surface area contributed by atoms with Crippen LogP contribution in [0.4, 0.5) is 6.01 Å². The van der Waals surface area contributed by atoms with Crippen molar-refractivity contribution in [1.29, 1.82) is 0 Å². The van der Waals surface area contributed by atoms with Crippen LogP contribution in [0.5, 0.6) is 0 Å². The maximum absolute atomic E-state index is 11.9. The van der Waals surface area contributed by atoms with Gasteiger partial charge in [0.2, 0.25) is 5.89 Å². The van der Waals surface area contributed by atoms with Gasteiger partial charge in [0.1, 0.15) is 0 Å². The molecule has 0 aliphatic heterocycles. The van der Waals surface area contributed by atoms with Gasteiger partial charge in [-0.15, -0.1) is 5.10 Å². The first-order valence-electron chi connectivity index (χ1n) is 6.33. The van der Waals surface area contributed by atoms with Crippen molar-refractivity contribution in [2.24, 2.45) is 7.05 Å². The Hall–Kier alpha value is -2.96. The van der Waals surface area contributed by atoms with Crippen LogP contribution in [0.2, 0.25) is 0 Å². The van der Waals surface area contributed by atoms with Crippen LogP contribution in [-0.4, -0.2) is 25.9 Å². The molecular formula is C14H13N5O2. The minimum absolute atomic E-state index is 0.0428. The lowest BCUT2D eigenvalue weighted by molar-refractivity contribution is 0.101. The molecule has 0 spiro atoms. The summed E-state index contributed by atoms with van der Waals surface area (Å²) < 4.78 is 6.96. The fourth-order valence-corrected chi connectivity index (χ4v) is 1.78. The van der Waals surface area contributed by atoms with Crippen LogP contribution < -0.4 is 5.32 Å². The summed E-state index contributed by atoms with van der Waals surface area (Å²) in [4.78, 5) is 11.9. The van der Waals surface area contributed by atoms with Gasteiger partial charge in [0, 0.05) is 18.8 Å². The largest absolute Gasteiger partial charge is 0.403 e. The van der Waals surface area contributed by atoms with E-state index in [2.05, 4.69) is 20.6 Å². The van der Waals surface area contributed by atoms with Crippen LogP contribution in [-0.2, 0) is 7.05 Å². The van der Waals surface area contributed by atoms with E-state index in [-0.39, 0.29) is 11.7 Å². The first-order valence-corrected chi connectivity index (χ1v) is 6.33. The zero-order chi connectivity index (χ0) is 14.8. The van der Waals surface area contributed by atoms with Gasteiger partial charge in [-0.3, -0.25) is 14.8 Å². The molecule has 2 heterocycles. The number of aromatic nitrogens is 4. The molecule has 2 aromatic heterocycles. The summed E-state index contributed by atoms with van der Waals surface area (Å²) in [5, 5.41) is 14.2. The van der Waals surface area contributed by atoms with Crippen LogP contribution in [0.1, 0.15) is 16.1 Å². The van der Waals surface area contributed by atoms with E-state index in [0.717, 1.165) is 11.1 Å². The molecule has 0 fully saturated rings. The molecule has 0 saturated carbocycles. The molecule has 0 unspecified atom stereocenters. The predicted molar refractivity (Wildman–Crippen MR) is 75.6 cm³/mol. The Morgan fingerprint density at radius 1 is 1.19 bits per heavy atom. The van der Waals surface area contributed by atoms with Crippen molar-refractivity contribution < 1.29 is 9.21 Å². The zero-order valence-electron chi connectivity index (χ0n) is 11.6. The van der Waals surface area contributed by atoms with Crippen LogP contribution >= 0.6 is 0 Å². The molecule has 7 nitrogen and oxygen atoms in total. The molecule has 0 bridgehead atoms. The second kappa shape index (κ2) is 5.20. The minimum atomic E-state index is -0.394. The van der Waals surface area contributed by atoms with Gasteiger partial charge < -0.3 is 4.42 Å². The zero-order valence-corrected chi connectivity index (χ0v) is 11.6. The Bertz CT molecular complexity index is 773. The number of hydrogen-bond donors (Lipinski definition) is 1. The first-order chi connectivity index (χ1) is 10.1. The molecule has 0 aliphatic rings. The monoisotopic (exact) mass is 283 g/mol. The van der Waals surface area contributed by atoms with E-state index in [1.807, 2.05) is 31.2 Å². The third kappa shape index (κ3) is 2.81. The molecular weight excluding hydrogens is 270 g/mol. The summed E-state index contributed by atoms with van der Waals surface area (Å²) in [6.07, 6.45) is 1.68. The normalized spacial score (nSPS) is 10.6. The molecule has 3 aromatic rings. The third-order valence-electron chi connectivity index (χ3n) is 2.89. The number of carbonyl (C=O) groups excluding carboxylic acids is 1. The Kier molecular flexibility index (Phi) is 3.23. The summed E-state index contributed by atoms with van der Waals surface area (Å²) in [5.41, 5.74) is 2.22. The summed E-state index contributed by atoms with van der Waals surface area (Å²) in [7, 11) is 1.74. The van der Waals surface area contributed by atoms with Crippen LogP contribution in [0.25, 0.3) is 11.5 Å². The van der Waals surface area contributed by atoms with Crippen molar-refractivity contribution in [2.75, 3.05) is 5.32 Å². The van der Waals surface area contributed by atoms with Gasteiger partial charge in [-0.05, 0) is 25.1 Å². The van der Waals surface area contributed by atoms with Crippen molar-refractivity contribution in [3.05, 3.63) is 47.8 Å². The van der Waals surface area contributed by atoms with Gasteiger partial charge in [-0.2, -0.15) is 5.10 Å². The summed E-state index contributed by atoms with van der Waals surface area (Å²) in [5.74, 6) is -0.0407. The number of hydrogen-bond acceptors (Lipinski definition) is 5. The van der Waals surface area contributed by atoms with E-state index in [9.17, 15) is 4.79 Å². The quantitative estimate of drug-likeness (QED) is 0.794. The highest BCUT2D eigenvalue weighted by molar-refractivity contribution is 6.01. The van der Waals surface area contributed by atoms with Crippen LogP contribution in [0.15, 0.2) is 40.9 Å². The second-order valence-electron chi connectivity index (χ2n) is 4.61. The van der Waals surface area contributed by atoms with E-state index in [0.29, 0.717) is 5.89 Å². The van der Waals surface area contributed by atoms with Crippen LogP contribution in [0, 0.1) is 6.92 Å². The molecule has 1 amide bonds. The maximum atomic E-state index is 11.9. The number of amides is 1. The third-order valence-corrected chi connectivity index (χ3v) is 2.89. The minimum Gasteiger partial charge on any atom is -0.403 e. The topological polar surface area (TPSA) is 85.8 Å². The SMILES string of the molecule is Cc1ccc(-c2nnc(NC(=O)c3ccn(C)n3)o2)cc1. The molecule has 21 heavy (non-hydrogen) atoms. The van der Waals surface area contributed by atoms with E-state index in [1.165, 1.54) is 0 Å². The molecule has 0 radical (unpaired) electrons. The van der Waals surface area contributed by atoms with E-state index >= 15 is 0 Å². The van der Waals surface area contributed by atoms with Crippen molar-refractivity contribution in [1.82, 2.24) is 20.0 Å². The molecule has 1 aromatic carbocycles. The van der Waals surface area contributed by atoms with Gasteiger partial charge in [0.15, 0.2) is 5.69 Å². The predicted octanol–water partition coefficient (Wildman–Crippen LogP) is 2.03. The fraction of sp³-hybridized carbons (Fsp3) is 0.143.